The first-order chi connectivity index (χ1) is 6.58. The van der Waals surface area contributed by atoms with E-state index in [9.17, 15) is 4.79 Å². The van der Waals surface area contributed by atoms with E-state index in [2.05, 4.69) is 9.97 Å². The van der Waals surface area contributed by atoms with Crippen molar-refractivity contribution >= 4 is 23.0 Å². The molecule has 2 rings (SSSR count). The first-order valence-electron chi connectivity index (χ1n) is 4.07. The quantitative estimate of drug-likeness (QED) is 0.630. The predicted octanol–water partition coefficient (Wildman–Crippen LogP) is 1.15. The zero-order valence-corrected chi connectivity index (χ0v) is 7.53. The number of nitrogens with zero attached hydrogens (tertiary/aromatic N) is 1. The third-order valence-corrected chi connectivity index (χ3v) is 2.04. The Hall–Kier alpha value is -2.04. The summed E-state index contributed by atoms with van der Waals surface area (Å²) in [4.78, 5) is 17.6. The van der Waals surface area contributed by atoms with Gasteiger partial charge in [0.25, 0.3) is 0 Å². The van der Waals surface area contributed by atoms with Gasteiger partial charge in [0.1, 0.15) is 0 Å². The van der Waals surface area contributed by atoms with Crippen molar-refractivity contribution in [2.45, 2.75) is 6.92 Å². The minimum Gasteiger partial charge on any atom is -0.478 e. The second-order valence-electron chi connectivity index (χ2n) is 3.12. The van der Waals surface area contributed by atoms with Gasteiger partial charge in [-0.1, -0.05) is 0 Å². The van der Waals surface area contributed by atoms with Crippen molar-refractivity contribution in [2.75, 3.05) is 5.73 Å². The summed E-state index contributed by atoms with van der Waals surface area (Å²) in [6.45, 7) is 1.80. The minimum absolute atomic E-state index is 0.235. The number of carbonyl (C=O) groups is 1. The normalized spacial score (nSPS) is 10.6. The van der Waals surface area contributed by atoms with Crippen LogP contribution in [-0.4, -0.2) is 21.0 Å². The maximum atomic E-state index is 10.7. The van der Waals surface area contributed by atoms with Crippen LogP contribution in [0.3, 0.4) is 0 Å². The van der Waals surface area contributed by atoms with Crippen molar-refractivity contribution in [3.8, 4) is 0 Å². The van der Waals surface area contributed by atoms with Gasteiger partial charge >= 0.3 is 5.97 Å². The van der Waals surface area contributed by atoms with E-state index in [-0.39, 0.29) is 5.56 Å². The van der Waals surface area contributed by atoms with E-state index in [4.69, 9.17) is 10.8 Å². The number of nitrogens with two attached hydrogens (primary N) is 1. The number of aromatic carboxylic acids is 1. The molecule has 1 aromatic carbocycles. The summed E-state index contributed by atoms with van der Waals surface area (Å²) in [5.74, 6) is -0.659. The SMILES string of the molecule is Cc1cc(C(=O)O)cc2[nH]c(N)nc12. The van der Waals surface area contributed by atoms with Crippen molar-refractivity contribution in [3.05, 3.63) is 23.3 Å². The first kappa shape index (κ1) is 8.55. The molecule has 5 nitrogen and oxygen atoms in total. The van der Waals surface area contributed by atoms with Crippen molar-refractivity contribution in [3.63, 3.8) is 0 Å². The highest BCUT2D eigenvalue weighted by Crippen LogP contribution is 2.19. The third kappa shape index (κ3) is 1.19. The van der Waals surface area contributed by atoms with Crippen LogP contribution in [0.25, 0.3) is 11.0 Å². The van der Waals surface area contributed by atoms with Gasteiger partial charge in [-0.25, -0.2) is 9.78 Å². The topological polar surface area (TPSA) is 92.0 Å². The Labute approximate surface area is 79.6 Å². The highest BCUT2D eigenvalue weighted by atomic mass is 16.4. The lowest BCUT2D eigenvalue weighted by atomic mass is 10.1. The third-order valence-electron chi connectivity index (χ3n) is 2.04. The number of aryl methyl sites for hydroxylation is 1. The molecule has 0 amide bonds. The van der Waals surface area contributed by atoms with Crippen LogP contribution in [0.4, 0.5) is 5.95 Å². The van der Waals surface area contributed by atoms with E-state index >= 15 is 0 Å². The van der Waals surface area contributed by atoms with Crippen LogP contribution in [-0.2, 0) is 0 Å². The summed E-state index contributed by atoms with van der Waals surface area (Å²) in [5, 5.41) is 8.81. The molecular weight excluding hydrogens is 182 g/mol. The summed E-state index contributed by atoms with van der Waals surface area (Å²) in [5.41, 5.74) is 7.87. The lowest BCUT2D eigenvalue weighted by Crippen LogP contribution is -1.96. The standard InChI is InChI=1S/C9H9N3O2/c1-4-2-5(8(13)14)3-6-7(4)12-9(10)11-6/h2-3H,1H3,(H,13,14)(H3,10,11,12). The number of aromatic amines is 1. The highest BCUT2D eigenvalue weighted by Gasteiger charge is 2.09. The van der Waals surface area contributed by atoms with Gasteiger partial charge in [0.05, 0.1) is 16.6 Å². The number of fused-ring (bicyclic) bond motifs is 1. The van der Waals surface area contributed by atoms with Crippen LogP contribution < -0.4 is 5.73 Å². The van der Waals surface area contributed by atoms with E-state index in [0.717, 1.165) is 5.56 Å². The fourth-order valence-electron chi connectivity index (χ4n) is 1.43. The van der Waals surface area contributed by atoms with E-state index in [1.54, 1.807) is 13.0 Å². The Morgan fingerprint density at radius 1 is 1.57 bits per heavy atom. The monoisotopic (exact) mass is 191 g/mol. The van der Waals surface area contributed by atoms with Crippen LogP contribution in [0.5, 0.6) is 0 Å². The van der Waals surface area contributed by atoms with Gasteiger partial charge in [-0.3, -0.25) is 0 Å². The molecule has 0 aliphatic carbocycles. The molecule has 0 aliphatic heterocycles. The van der Waals surface area contributed by atoms with Crippen molar-refractivity contribution in [1.82, 2.24) is 9.97 Å². The van der Waals surface area contributed by atoms with Gasteiger partial charge in [-0.05, 0) is 24.6 Å². The molecule has 5 heteroatoms. The van der Waals surface area contributed by atoms with Gasteiger partial charge in [-0.15, -0.1) is 0 Å². The molecular formula is C9H9N3O2. The molecule has 0 aliphatic rings. The lowest BCUT2D eigenvalue weighted by molar-refractivity contribution is 0.0697. The van der Waals surface area contributed by atoms with Gasteiger partial charge in [0, 0.05) is 0 Å². The Morgan fingerprint density at radius 3 is 2.93 bits per heavy atom. The summed E-state index contributed by atoms with van der Waals surface area (Å²) < 4.78 is 0. The number of hydrogen-bond acceptors (Lipinski definition) is 3. The molecule has 1 heterocycles. The van der Waals surface area contributed by atoms with Gasteiger partial charge in [-0.2, -0.15) is 0 Å². The molecule has 14 heavy (non-hydrogen) atoms. The predicted molar refractivity (Wildman–Crippen MR) is 52.2 cm³/mol. The number of carboxylic acid groups (broad SMARTS) is 1. The fraction of sp³-hybridized carbons (Fsp3) is 0.111. The molecule has 0 spiro atoms. The van der Waals surface area contributed by atoms with E-state index < -0.39 is 5.97 Å². The number of hydrogen-bond donors (Lipinski definition) is 3. The molecule has 2 aromatic rings. The minimum atomic E-state index is -0.955. The van der Waals surface area contributed by atoms with Gasteiger partial charge in [0.2, 0.25) is 0 Å². The first-order valence-corrected chi connectivity index (χ1v) is 4.07. The molecule has 72 valence electrons. The second-order valence-corrected chi connectivity index (χ2v) is 3.12. The number of H-pyrrole nitrogens is 1. The molecule has 0 atom stereocenters. The smallest absolute Gasteiger partial charge is 0.335 e. The van der Waals surface area contributed by atoms with E-state index in [0.29, 0.717) is 17.0 Å². The Morgan fingerprint density at radius 2 is 2.29 bits per heavy atom. The van der Waals surface area contributed by atoms with Crippen LogP contribution in [0.2, 0.25) is 0 Å². The Balaban J connectivity index is 2.77. The van der Waals surface area contributed by atoms with Gasteiger partial charge < -0.3 is 15.8 Å². The molecule has 0 radical (unpaired) electrons. The molecule has 0 unspecified atom stereocenters. The molecule has 4 N–H and O–H groups in total. The van der Waals surface area contributed by atoms with Crippen LogP contribution in [0, 0.1) is 6.92 Å². The average Bonchev–Trinajstić information content (AvgIpc) is 2.45. The maximum Gasteiger partial charge on any atom is 0.335 e. The summed E-state index contributed by atoms with van der Waals surface area (Å²) in [6, 6.07) is 3.10. The zero-order valence-electron chi connectivity index (χ0n) is 7.53. The zero-order chi connectivity index (χ0) is 10.3. The average molecular weight is 191 g/mol. The Kier molecular flexibility index (Phi) is 1.67. The summed E-state index contributed by atoms with van der Waals surface area (Å²) in [6.07, 6.45) is 0. The fourth-order valence-corrected chi connectivity index (χ4v) is 1.43. The maximum absolute atomic E-state index is 10.7. The summed E-state index contributed by atoms with van der Waals surface area (Å²) >= 11 is 0. The number of anilines is 1. The lowest BCUT2D eigenvalue weighted by Gasteiger charge is -1.97. The largest absolute Gasteiger partial charge is 0.478 e. The van der Waals surface area contributed by atoms with Crippen LogP contribution >= 0.6 is 0 Å². The number of nitrogens with one attached hydrogen (secondary N) is 1. The van der Waals surface area contributed by atoms with Crippen molar-refractivity contribution in [1.29, 1.82) is 0 Å². The Bertz CT molecular complexity index is 516. The number of carboxylic acids is 1. The molecule has 0 saturated carbocycles. The van der Waals surface area contributed by atoms with E-state index in [1.807, 2.05) is 0 Å². The number of benzene rings is 1. The molecule has 1 aromatic heterocycles. The molecule has 0 fully saturated rings. The molecule has 0 bridgehead atoms. The number of rotatable bonds is 1. The number of aromatic nitrogens is 2. The second kappa shape index (κ2) is 2.73. The molecule has 0 saturated heterocycles. The van der Waals surface area contributed by atoms with Crippen molar-refractivity contribution in [2.24, 2.45) is 0 Å². The van der Waals surface area contributed by atoms with E-state index in [1.165, 1.54) is 6.07 Å². The summed E-state index contributed by atoms with van der Waals surface area (Å²) in [7, 11) is 0. The highest BCUT2D eigenvalue weighted by molar-refractivity contribution is 5.94. The van der Waals surface area contributed by atoms with Crippen molar-refractivity contribution < 1.29 is 9.90 Å². The number of imidazole rings is 1. The number of nitrogen functional groups attached to an aromatic ring is 1. The van der Waals surface area contributed by atoms with Crippen LogP contribution in [0.15, 0.2) is 12.1 Å². The van der Waals surface area contributed by atoms with Crippen LogP contribution in [0.1, 0.15) is 15.9 Å². The van der Waals surface area contributed by atoms with Gasteiger partial charge in [0.15, 0.2) is 5.95 Å².